The third-order valence-corrected chi connectivity index (χ3v) is 3.15. The predicted molar refractivity (Wildman–Crippen MR) is 62.1 cm³/mol. The van der Waals surface area contributed by atoms with Gasteiger partial charge in [-0.25, -0.2) is 0 Å². The van der Waals surface area contributed by atoms with Crippen molar-refractivity contribution in [3.8, 4) is 12.1 Å². The minimum Gasteiger partial charge on any atom is -0.293 e. The summed E-state index contributed by atoms with van der Waals surface area (Å²) in [7, 11) is 0. The van der Waals surface area contributed by atoms with Crippen LogP contribution in [0.4, 0.5) is 0 Å². The van der Waals surface area contributed by atoms with Crippen LogP contribution in [0.1, 0.15) is 34.3 Å². The lowest BCUT2D eigenvalue weighted by atomic mass is 9.93. The number of nitrogens with zero attached hydrogens (tertiary/aromatic N) is 2. The van der Waals surface area contributed by atoms with E-state index < -0.39 is 5.92 Å². The standard InChI is InChI=1S/C14H12N2O/c1-9-6-11(4-5-12(9)7-15)14(17)13(8-16)10-2-3-10/h4-6,10,13H,2-3H2,1H3. The highest BCUT2D eigenvalue weighted by atomic mass is 16.1. The number of nitriles is 2. The second-order valence-electron chi connectivity index (χ2n) is 4.45. The molecule has 2 rings (SSSR count). The highest BCUT2D eigenvalue weighted by Gasteiger charge is 2.36. The van der Waals surface area contributed by atoms with Crippen molar-refractivity contribution in [3.63, 3.8) is 0 Å². The van der Waals surface area contributed by atoms with Gasteiger partial charge in [0.15, 0.2) is 5.78 Å². The second-order valence-corrected chi connectivity index (χ2v) is 4.45. The highest BCUT2D eigenvalue weighted by Crippen LogP contribution is 2.38. The number of Topliss-reactive ketones (excluding diaryl/α,β-unsaturated/α-hetero) is 1. The lowest BCUT2D eigenvalue weighted by Crippen LogP contribution is -2.15. The van der Waals surface area contributed by atoms with Crippen LogP contribution in [0.25, 0.3) is 0 Å². The van der Waals surface area contributed by atoms with Crippen LogP contribution < -0.4 is 0 Å². The van der Waals surface area contributed by atoms with Crippen LogP contribution in [-0.2, 0) is 0 Å². The summed E-state index contributed by atoms with van der Waals surface area (Å²) in [5, 5.41) is 17.8. The van der Waals surface area contributed by atoms with Gasteiger partial charge in [0.1, 0.15) is 5.92 Å². The lowest BCUT2D eigenvalue weighted by molar-refractivity contribution is 0.0937. The van der Waals surface area contributed by atoms with Gasteiger partial charge >= 0.3 is 0 Å². The molecule has 84 valence electrons. The van der Waals surface area contributed by atoms with Gasteiger partial charge in [-0.05, 0) is 43.4 Å². The van der Waals surface area contributed by atoms with Crippen molar-refractivity contribution in [3.05, 3.63) is 34.9 Å². The molecule has 0 bridgehead atoms. The summed E-state index contributed by atoms with van der Waals surface area (Å²) in [6.07, 6.45) is 1.94. The van der Waals surface area contributed by atoms with Gasteiger partial charge in [0.05, 0.1) is 17.7 Å². The zero-order valence-corrected chi connectivity index (χ0v) is 9.60. The molecule has 0 radical (unpaired) electrons. The largest absolute Gasteiger partial charge is 0.293 e. The minimum atomic E-state index is -0.512. The quantitative estimate of drug-likeness (QED) is 0.741. The Hall–Kier alpha value is -2.13. The molecule has 1 aromatic carbocycles. The number of hydrogen-bond donors (Lipinski definition) is 0. The molecule has 0 N–H and O–H groups in total. The van der Waals surface area contributed by atoms with Gasteiger partial charge in [-0.15, -0.1) is 0 Å². The molecular formula is C14H12N2O. The van der Waals surface area contributed by atoms with E-state index in [9.17, 15) is 4.79 Å². The Bertz CT molecular complexity index is 544. The molecule has 1 fully saturated rings. The number of carbonyl (C=O) groups is 1. The molecule has 0 amide bonds. The van der Waals surface area contributed by atoms with Crippen LogP contribution in [0.15, 0.2) is 18.2 Å². The SMILES string of the molecule is Cc1cc(C(=O)C(C#N)C2CC2)ccc1C#N. The molecule has 1 unspecified atom stereocenters. The number of rotatable bonds is 3. The zero-order valence-electron chi connectivity index (χ0n) is 9.60. The van der Waals surface area contributed by atoms with E-state index in [1.165, 1.54) is 0 Å². The summed E-state index contributed by atoms with van der Waals surface area (Å²) in [5.74, 6) is -0.381. The van der Waals surface area contributed by atoms with Crippen molar-refractivity contribution in [2.45, 2.75) is 19.8 Å². The first kappa shape index (κ1) is 11.4. The molecule has 1 aliphatic rings. The summed E-state index contributed by atoms with van der Waals surface area (Å²) >= 11 is 0. The molecular weight excluding hydrogens is 212 g/mol. The molecule has 3 nitrogen and oxygen atoms in total. The van der Waals surface area contributed by atoms with Crippen molar-refractivity contribution in [1.82, 2.24) is 0 Å². The first-order valence-corrected chi connectivity index (χ1v) is 5.62. The minimum absolute atomic E-state index is 0.109. The van der Waals surface area contributed by atoms with Gasteiger partial charge in [0.2, 0.25) is 0 Å². The summed E-state index contributed by atoms with van der Waals surface area (Å²) in [5.41, 5.74) is 1.90. The number of benzene rings is 1. The number of aryl methyl sites for hydroxylation is 1. The molecule has 0 spiro atoms. The van der Waals surface area contributed by atoms with Crippen molar-refractivity contribution in [2.75, 3.05) is 0 Å². The Labute approximate surface area is 100 Å². The maximum Gasteiger partial charge on any atom is 0.180 e. The molecule has 0 aromatic heterocycles. The van der Waals surface area contributed by atoms with Gasteiger partial charge in [-0.2, -0.15) is 10.5 Å². The van der Waals surface area contributed by atoms with E-state index in [1.54, 1.807) is 25.1 Å². The summed E-state index contributed by atoms with van der Waals surface area (Å²) in [6.45, 7) is 1.80. The van der Waals surface area contributed by atoms with E-state index in [0.29, 0.717) is 11.1 Å². The normalized spacial score (nSPS) is 15.7. The average molecular weight is 224 g/mol. The topological polar surface area (TPSA) is 64.7 Å². The predicted octanol–water partition coefficient (Wildman–Crippen LogP) is 2.60. The fraction of sp³-hybridized carbons (Fsp3) is 0.357. The van der Waals surface area contributed by atoms with E-state index in [1.807, 2.05) is 0 Å². The Balaban J connectivity index is 2.28. The van der Waals surface area contributed by atoms with E-state index in [0.717, 1.165) is 18.4 Å². The van der Waals surface area contributed by atoms with Crippen LogP contribution in [0, 0.1) is 41.4 Å². The third kappa shape index (κ3) is 2.19. The zero-order chi connectivity index (χ0) is 12.4. The van der Waals surface area contributed by atoms with E-state index in [2.05, 4.69) is 12.1 Å². The van der Waals surface area contributed by atoms with Crippen LogP contribution in [-0.4, -0.2) is 5.78 Å². The Morgan fingerprint density at radius 1 is 1.41 bits per heavy atom. The Kier molecular flexibility index (Phi) is 2.93. The summed E-state index contributed by atoms with van der Waals surface area (Å²) in [4.78, 5) is 12.1. The van der Waals surface area contributed by atoms with Crippen LogP contribution in [0.5, 0.6) is 0 Å². The Morgan fingerprint density at radius 3 is 2.59 bits per heavy atom. The maximum atomic E-state index is 12.1. The van der Waals surface area contributed by atoms with Crippen LogP contribution >= 0.6 is 0 Å². The van der Waals surface area contributed by atoms with Crippen LogP contribution in [0.2, 0.25) is 0 Å². The molecule has 1 saturated carbocycles. The van der Waals surface area contributed by atoms with Crippen molar-refractivity contribution in [2.24, 2.45) is 11.8 Å². The highest BCUT2D eigenvalue weighted by molar-refractivity contribution is 6.00. The van der Waals surface area contributed by atoms with Gasteiger partial charge in [0, 0.05) is 5.56 Å². The van der Waals surface area contributed by atoms with E-state index in [-0.39, 0.29) is 11.7 Å². The van der Waals surface area contributed by atoms with Crippen molar-refractivity contribution < 1.29 is 4.79 Å². The first-order chi connectivity index (χ1) is 8.17. The average Bonchev–Trinajstić information content (AvgIpc) is 3.14. The van der Waals surface area contributed by atoms with E-state index in [4.69, 9.17) is 10.5 Å². The molecule has 0 heterocycles. The number of carbonyl (C=O) groups excluding carboxylic acids is 1. The van der Waals surface area contributed by atoms with Crippen LogP contribution in [0.3, 0.4) is 0 Å². The fourth-order valence-electron chi connectivity index (χ4n) is 1.93. The smallest absolute Gasteiger partial charge is 0.180 e. The third-order valence-electron chi connectivity index (χ3n) is 3.15. The molecule has 17 heavy (non-hydrogen) atoms. The molecule has 3 heteroatoms. The molecule has 0 aliphatic heterocycles. The van der Waals surface area contributed by atoms with Gasteiger partial charge in [-0.1, -0.05) is 6.07 Å². The fourth-order valence-corrected chi connectivity index (χ4v) is 1.93. The first-order valence-electron chi connectivity index (χ1n) is 5.62. The molecule has 1 aliphatic carbocycles. The molecule has 1 aromatic rings. The maximum absolute atomic E-state index is 12.1. The summed E-state index contributed by atoms with van der Waals surface area (Å²) < 4.78 is 0. The monoisotopic (exact) mass is 224 g/mol. The lowest BCUT2D eigenvalue weighted by Gasteiger charge is -2.07. The second kappa shape index (κ2) is 4.39. The van der Waals surface area contributed by atoms with Crippen molar-refractivity contribution >= 4 is 5.78 Å². The van der Waals surface area contributed by atoms with Crippen molar-refractivity contribution in [1.29, 1.82) is 10.5 Å². The molecule has 0 saturated heterocycles. The summed E-state index contributed by atoms with van der Waals surface area (Å²) in [6, 6.07) is 9.14. The van der Waals surface area contributed by atoms with Gasteiger partial charge in [-0.3, -0.25) is 4.79 Å². The number of ketones is 1. The van der Waals surface area contributed by atoms with E-state index >= 15 is 0 Å². The Morgan fingerprint density at radius 2 is 2.12 bits per heavy atom. The van der Waals surface area contributed by atoms with Gasteiger partial charge in [0.25, 0.3) is 0 Å². The number of hydrogen-bond acceptors (Lipinski definition) is 3. The molecule has 1 atom stereocenters. The van der Waals surface area contributed by atoms with Gasteiger partial charge < -0.3 is 0 Å².